The van der Waals surface area contributed by atoms with E-state index in [4.69, 9.17) is 0 Å². The van der Waals surface area contributed by atoms with Gasteiger partial charge in [-0.2, -0.15) is 0 Å². The molecule has 1 saturated heterocycles. The predicted molar refractivity (Wildman–Crippen MR) is 99.3 cm³/mol. The molecule has 0 atom stereocenters. The van der Waals surface area contributed by atoms with E-state index in [1.54, 1.807) is 42.9 Å². The van der Waals surface area contributed by atoms with Gasteiger partial charge in [-0.25, -0.2) is 9.97 Å². The minimum Gasteiger partial charge on any atom is -0.377 e. The first-order valence-corrected chi connectivity index (χ1v) is 8.53. The number of nitro groups is 1. The second kappa shape index (κ2) is 6.91. The van der Waals surface area contributed by atoms with Crippen molar-refractivity contribution < 1.29 is 4.92 Å². The van der Waals surface area contributed by atoms with Crippen LogP contribution in [0.2, 0.25) is 0 Å². The fourth-order valence-corrected chi connectivity index (χ4v) is 3.35. The van der Waals surface area contributed by atoms with Crippen LogP contribution in [0.1, 0.15) is 12.8 Å². The summed E-state index contributed by atoms with van der Waals surface area (Å²) >= 11 is 0. The summed E-state index contributed by atoms with van der Waals surface area (Å²) in [5, 5.41) is 15.5. The molecule has 0 radical (unpaired) electrons. The Morgan fingerprint density at radius 1 is 1.04 bits per heavy atom. The number of benzene rings is 1. The van der Waals surface area contributed by atoms with Crippen LogP contribution < -0.4 is 10.2 Å². The van der Waals surface area contributed by atoms with Gasteiger partial charge in [0.2, 0.25) is 5.95 Å². The SMILES string of the molecule is O=[N+]([O-])c1c(NC2CCN(c3ncccn3)CC2)ccc2ncccc12. The summed E-state index contributed by atoms with van der Waals surface area (Å²) in [5.41, 5.74) is 1.26. The maximum atomic E-state index is 11.6. The molecule has 1 N–H and O–H groups in total. The van der Waals surface area contributed by atoms with Crippen LogP contribution in [0, 0.1) is 10.1 Å². The third-order valence-electron chi connectivity index (χ3n) is 4.63. The molecule has 2 aromatic heterocycles. The van der Waals surface area contributed by atoms with Gasteiger partial charge in [0.25, 0.3) is 0 Å². The number of nitro benzene ring substituents is 1. The van der Waals surface area contributed by atoms with Crippen molar-refractivity contribution >= 4 is 28.2 Å². The molecular weight excluding hydrogens is 332 g/mol. The van der Waals surface area contributed by atoms with E-state index in [9.17, 15) is 10.1 Å². The number of nitrogens with zero attached hydrogens (tertiary/aromatic N) is 5. The minimum atomic E-state index is -0.334. The van der Waals surface area contributed by atoms with Crippen LogP contribution in [0.5, 0.6) is 0 Å². The van der Waals surface area contributed by atoms with E-state index in [1.807, 2.05) is 6.07 Å². The Morgan fingerprint density at radius 3 is 2.50 bits per heavy atom. The number of anilines is 2. The standard InChI is InChI=1S/C18H18N6O2/c25-24(26)17-14-3-1-8-19-15(14)4-5-16(17)22-13-6-11-23(12-7-13)18-20-9-2-10-21-18/h1-5,8-10,13,22H,6-7,11-12H2. The largest absolute Gasteiger partial charge is 0.377 e. The van der Waals surface area contributed by atoms with E-state index < -0.39 is 0 Å². The number of hydrogen-bond acceptors (Lipinski definition) is 7. The zero-order chi connectivity index (χ0) is 17.9. The molecule has 26 heavy (non-hydrogen) atoms. The van der Waals surface area contributed by atoms with Gasteiger partial charge in [0.05, 0.1) is 15.8 Å². The minimum absolute atomic E-state index is 0.0874. The average molecular weight is 350 g/mol. The molecule has 3 aromatic rings. The van der Waals surface area contributed by atoms with Crippen LogP contribution >= 0.6 is 0 Å². The van der Waals surface area contributed by atoms with E-state index in [1.165, 1.54) is 0 Å². The lowest BCUT2D eigenvalue weighted by atomic mass is 10.0. The van der Waals surface area contributed by atoms with Gasteiger partial charge in [-0.05, 0) is 43.2 Å². The van der Waals surface area contributed by atoms with Crippen LogP contribution in [0.25, 0.3) is 10.9 Å². The van der Waals surface area contributed by atoms with E-state index in [2.05, 4.69) is 25.2 Å². The zero-order valence-electron chi connectivity index (χ0n) is 14.1. The Kier molecular flexibility index (Phi) is 4.30. The highest BCUT2D eigenvalue weighted by molar-refractivity contribution is 5.94. The smallest absolute Gasteiger partial charge is 0.301 e. The lowest BCUT2D eigenvalue weighted by Gasteiger charge is -2.32. The number of hydrogen-bond donors (Lipinski definition) is 1. The molecule has 1 fully saturated rings. The van der Waals surface area contributed by atoms with Gasteiger partial charge in [0.1, 0.15) is 5.69 Å². The normalized spacial score (nSPS) is 15.2. The number of nitrogens with one attached hydrogen (secondary N) is 1. The second-order valence-electron chi connectivity index (χ2n) is 6.24. The van der Waals surface area contributed by atoms with Crippen molar-refractivity contribution in [3.8, 4) is 0 Å². The van der Waals surface area contributed by atoms with E-state index >= 15 is 0 Å². The molecule has 1 aliphatic heterocycles. The molecule has 0 bridgehead atoms. The first-order chi connectivity index (χ1) is 12.7. The van der Waals surface area contributed by atoms with Gasteiger partial charge >= 0.3 is 5.69 Å². The average Bonchev–Trinajstić information content (AvgIpc) is 2.69. The summed E-state index contributed by atoms with van der Waals surface area (Å²) in [6.07, 6.45) is 6.83. The van der Waals surface area contributed by atoms with Crippen molar-refractivity contribution in [3.05, 3.63) is 59.0 Å². The van der Waals surface area contributed by atoms with Crippen LogP contribution in [-0.4, -0.2) is 39.0 Å². The molecule has 8 heteroatoms. The summed E-state index contributed by atoms with van der Waals surface area (Å²) < 4.78 is 0. The molecule has 8 nitrogen and oxygen atoms in total. The second-order valence-corrected chi connectivity index (χ2v) is 6.24. The highest BCUT2D eigenvalue weighted by Gasteiger charge is 2.24. The first-order valence-electron chi connectivity index (χ1n) is 8.53. The third-order valence-corrected chi connectivity index (χ3v) is 4.63. The lowest BCUT2D eigenvalue weighted by Crippen LogP contribution is -2.40. The summed E-state index contributed by atoms with van der Waals surface area (Å²) in [6.45, 7) is 1.62. The van der Waals surface area contributed by atoms with Crippen molar-refractivity contribution in [2.24, 2.45) is 0 Å². The summed E-state index contributed by atoms with van der Waals surface area (Å²) in [7, 11) is 0. The molecule has 0 saturated carbocycles. The molecule has 132 valence electrons. The van der Waals surface area contributed by atoms with Crippen molar-refractivity contribution in [2.75, 3.05) is 23.3 Å². The van der Waals surface area contributed by atoms with E-state index in [0.29, 0.717) is 16.6 Å². The van der Waals surface area contributed by atoms with Crippen molar-refractivity contribution in [1.82, 2.24) is 15.0 Å². The number of rotatable bonds is 4. The van der Waals surface area contributed by atoms with Gasteiger partial charge in [0.15, 0.2) is 0 Å². The summed E-state index contributed by atoms with van der Waals surface area (Å²) in [5.74, 6) is 0.730. The van der Waals surface area contributed by atoms with Gasteiger partial charge in [-0.1, -0.05) is 0 Å². The quantitative estimate of drug-likeness (QED) is 0.570. The Morgan fingerprint density at radius 2 is 1.77 bits per heavy atom. The lowest BCUT2D eigenvalue weighted by molar-refractivity contribution is -0.382. The monoisotopic (exact) mass is 350 g/mol. The summed E-state index contributed by atoms with van der Waals surface area (Å²) in [6, 6.07) is 8.99. The first kappa shape index (κ1) is 16.2. The summed E-state index contributed by atoms with van der Waals surface area (Å²) in [4.78, 5) is 26.2. The maximum Gasteiger partial charge on any atom is 0.301 e. The van der Waals surface area contributed by atoms with Gasteiger partial charge < -0.3 is 10.2 Å². The topological polar surface area (TPSA) is 97.1 Å². The highest BCUT2D eigenvalue weighted by Crippen LogP contribution is 2.33. The van der Waals surface area contributed by atoms with E-state index in [0.717, 1.165) is 31.9 Å². The van der Waals surface area contributed by atoms with Crippen LogP contribution in [0.15, 0.2) is 48.9 Å². The Bertz CT molecular complexity index is 925. The number of piperidine rings is 1. The Hall–Kier alpha value is -3.29. The molecule has 0 unspecified atom stereocenters. The van der Waals surface area contributed by atoms with Gasteiger partial charge in [0, 0.05) is 37.7 Å². The maximum absolute atomic E-state index is 11.6. The zero-order valence-corrected chi connectivity index (χ0v) is 14.1. The fourth-order valence-electron chi connectivity index (χ4n) is 3.35. The van der Waals surface area contributed by atoms with Gasteiger partial charge in [-0.3, -0.25) is 15.1 Å². The van der Waals surface area contributed by atoms with Gasteiger partial charge in [-0.15, -0.1) is 0 Å². The molecule has 3 heterocycles. The molecule has 0 spiro atoms. The third kappa shape index (κ3) is 3.13. The van der Waals surface area contributed by atoms with Crippen molar-refractivity contribution in [3.63, 3.8) is 0 Å². The Labute approximate surface area is 150 Å². The molecule has 1 aliphatic rings. The molecule has 1 aromatic carbocycles. The van der Waals surface area contributed by atoms with Crippen LogP contribution in [0.3, 0.4) is 0 Å². The number of fused-ring (bicyclic) bond motifs is 1. The van der Waals surface area contributed by atoms with E-state index in [-0.39, 0.29) is 16.7 Å². The van der Waals surface area contributed by atoms with Crippen molar-refractivity contribution in [1.29, 1.82) is 0 Å². The fraction of sp³-hybridized carbons (Fsp3) is 0.278. The van der Waals surface area contributed by atoms with Crippen molar-refractivity contribution in [2.45, 2.75) is 18.9 Å². The molecule has 0 amide bonds. The number of aromatic nitrogens is 3. The molecular formula is C18H18N6O2. The highest BCUT2D eigenvalue weighted by atomic mass is 16.6. The molecule has 4 rings (SSSR count). The molecule has 0 aliphatic carbocycles. The van der Waals surface area contributed by atoms with Crippen LogP contribution in [-0.2, 0) is 0 Å². The number of pyridine rings is 1. The predicted octanol–water partition coefficient (Wildman–Crippen LogP) is 3.01. The Balaban J connectivity index is 1.52. The van der Waals surface area contributed by atoms with Crippen LogP contribution in [0.4, 0.5) is 17.3 Å².